The normalized spacial score (nSPS) is 13.3. The summed E-state index contributed by atoms with van der Waals surface area (Å²) in [5, 5.41) is 8.38. The van der Waals surface area contributed by atoms with Crippen molar-refractivity contribution < 1.29 is 9.59 Å². The zero-order valence-electron chi connectivity index (χ0n) is 11.1. The number of amides is 2. The highest BCUT2D eigenvalue weighted by atomic mass is 16.2. The summed E-state index contributed by atoms with van der Waals surface area (Å²) in [5.74, 6) is 2.42. The summed E-state index contributed by atoms with van der Waals surface area (Å²) < 4.78 is 0. The molecule has 0 aliphatic heterocycles. The molecule has 0 atom stereocenters. The smallest absolute Gasteiger partial charge is 0.238 e. The van der Waals surface area contributed by atoms with Gasteiger partial charge in [-0.1, -0.05) is 12.0 Å². The Kier molecular flexibility index (Phi) is 4.75. The van der Waals surface area contributed by atoms with Crippen LogP contribution in [0.3, 0.4) is 0 Å². The van der Waals surface area contributed by atoms with E-state index in [4.69, 9.17) is 6.42 Å². The largest absolute Gasteiger partial charge is 0.326 e. The Bertz CT molecular complexity index is 544. The minimum absolute atomic E-state index is 0.0455. The minimum atomic E-state index is -0.175. The van der Waals surface area contributed by atoms with Crippen molar-refractivity contribution in [3.8, 4) is 12.3 Å². The number of anilines is 2. The first-order chi connectivity index (χ1) is 9.69. The molecule has 0 heterocycles. The molecule has 1 saturated carbocycles. The van der Waals surface area contributed by atoms with E-state index >= 15 is 0 Å². The van der Waals surface area contributed by atoms with Gasteiger partial charge < -0.3 is 10.6 Å². The van der Waals surface area contributed by atoms with Crippen LogP contribution in [0.1, 0.15) is 12.8 Å². The van der Waals surface area contributed by atoms with Gasteiger partial charge in [0.25, 0.3) is 0 Å². The third kappa shape index (κ3) is 4.41. The van der Waals surface area contributed by atoms with Crippen molar-refractivity contribution in [2.75, 3.05) is 23.7 Å². The fourth-order valence-electron chi connectivity index (χ4n) is 1.72. The zero-order chi connectivity index (χ0) is 14.4. The maximum Gasteiger partial charge on any atom is 0.238 e. The van der Waals surface area contributed by atoms with E-state index in [0.717, 1.165) is 12.8 Å². The van der Waals surface area contributed by atoms with Crippen LogP contribution >= 0.6 is 0 Å². The summed E-state index contributed by atoms with van der Waals surface area (Å²) >= 11 is 0. The van der Waals surface area contributed by atoms with Crippen molar-refractivity contribution in [3.05, 3.63) is 24.3 Å². The lowest BCUT2D eigenvalue weighted by atomic mass is 10.2. The number of hydrogen-bond donors (Lipinski definition) is 3. The Labute approximate surface area is 118 Å². The second-order valence-corrected chi connectivity index (χ2v) is 4.70. The first kappa shape index (κ1) is 14.1. The first-order valence-corrected chi connectivity index (χ1v) is 6.54. The molecule has 0 unspecified atom stereocenters. The summed E-state index contributed by atoms with van der Waals surface area (Å²) in [5.41, 5.74) is 1.34. The molecule has 20 heavy (non-hydrogen) atoms. The Morgan fingerprint density at radius 2 is 1.95 bits per heavy atom. The quantitative estimate of drug-likeness (QED) is 0.538. The second-order valence-electron chi connectivity index (χ2n) is 4.70. The van der Waals surface area contributed by atoms with Gasteiger partial charge in [0, 0.05) is 17.3 Å². The van der Waals surface area contributed by atoms with Gasteiger partial charge in [-0.25, -0.2) is 0 Å². The highest BCUT2D eigenvalue weighted by molar-refractivity contribution is 5.96. The number of carbonyl (C=O) groups is 2. The van der Waals surface area contributed by atoms with Gasteiger partial charge in [-0.05, 0) is 31.0 Å². The third-order valence-electron chi connectivity index (χ3n) is 2.87. The lowest BCUT2D eigenvalue weighted by molar-refractivity contribution is -0.117. The standard InChI is InChI=1S/C15H17N3O2/c1-2-8-16-10-14(19)17-12-4-3-5-13(9-12)18-15(20)11-6-7-11/h1,3-5,9,11,16H,6-8,10H2,(H,17,19)(H,18,20). The highest BCUT2D eigenvalue weighted by Crippen LogP contribution is 2.30. The molecule has 0 saturated heterocycles. The van der Waals surface area contributed by atoms with E-state index in [2.05, 4.69) is 21.9 Å². The SMILES string of the molecule is C#CCNCC(=O)Nc1cccc(NC(=O)C2CC2)c1. The van der Waals surface area contributed by atoms with Gasteiger partial charge in [0.15, 0.2) is 0 Å². The summed E-state index contributed by atoms with van der Waals surface area (Å²) in [6, 6.07) is 7.09. The van der Waals surface area contributed by atoms with Crippen LogP contribution in [0.15, 0.2) is 24.3 Å². The van der Waals surface area contributed by atoms with Crippen molar-refractivity contribution in [1.29, 1.82) is 0 Å². The third-order valence-corrected chi connectivity index (χ3v) is 2.87. The van der Waals surface area contributed by atoms with Crippen LogP contribution in [0.25, 0.3) is 0 Å². The molecule has 5 nitrogen and oxygen atoms in total. The van der Waals surface area contributed by atoms with E-state index in [1.807, 2.05) is 0 Å². The van der Waals surface area contributed by atoms with Crippen molar-refractivity contribution in [1.82, 2.24) is 5.32 Å². The van der Waals surface area contributed by atoms with Crippen molar-refractivity contribution in [2.24, 2.45) is 5.92 Å². The van der Waals surface area contributed by atoms with Crippen LogP contribution in [0.4, 0.5) is 11.4 Å². The number of hydrogen-bond acceptors (Lipinski definition) is 3. The molecule has 1 fully saturated rings. The fraction of sp³-hybridized carbons (Fsp3) is 0.333. The summed E-state index contributed by atoms with van der Waals surface area (Å²) in [6.07, 6.45) is 7.00. The van der Waals surface area contributed by atoms with E-state index in [0.29, 0.717) is 17.9 Å². The monoisotopic (exact) mass is 271 g/mol. The van der Waals surface area contributed by atoms with E-state index in [1.54, 1.807) is 24.3 Å². The Balaban J connectivity index is 1.87. The summed E-state index contributed by atoms with van der Waals surface area (Å²) in [6.45, 7) is 0.508. The number of carbonyl (C=O) groups excluding carboxylic acids is 2. The predicted molar refractivity (Wildman–Crippen MR) is 78.1 cm³/mol. The summed E-state index contributed by atoms with van der Waals surface area (Å²) in [7, 11) is 0. The molecule has 2 rings (SSSR count). The van der Waals surface area contributed by atoms with E-state index in [9.17, 15) is 9.59 Å². The average molecular weight is 271 g/mol. The molecule has 3 N–H and O–H groups in total. The van der Waals surface area contributed by atoms with Gasteiger partial charge >= 0.3 is 0 Å². The molecule has 104 valence electrons. The van der Waals surface area contributed by atoms with Gasteiger partial charge in [0.05, 0.1) is 13.1 Å². The molecule has 1 aromatic carbocycles. The molecular weight excluding hydrogens is 254 g/mol. The molecule has 5 heteroatoms. The molecule has 0 aromatic heterocycles. The molecule has 1 aliphatic carbocycles. The van der Waals surface area contributed by atoms with Gasteiger partial charge in [0.1, 0.15) is 0 Å². The predicted octanol–water partition coefficient (Wildman–Crippen LogP) is 1.20. The topological polar surface area (TPSA) is 70.2 Å². The number of terminal acetylenes is 1. The van der Waals surface area contributed by atoms with E-state index in [-0.39, 0.29) is 24.3 Å². The van der Waals surface area contributed by atoms with Gasteiger partial charge in [-0.2, -0.15) is 0 Å². The molecule has 0 spiro atoms. The molecular formula is C15H17N3O2. The first-order valence-electron chi connectivity index (χ1n) is 6.54. The highest BCUT2D eigenvalue weighted by Gasteiger charge is 2.29. The Hall–Kier alpha value is -2.32. The lowest BCUT2D eigenvalue weighted by Crippen LogP contribution is -2.28. The van der Waals surface area contributed by atoms with Crippen LogP contribution in [-0.2, 0) is 9.59 Å². The number of rotatable bonds is 6. The van der Waals surface area contributed by atoms with Crippen LogP contribution < -0.4 is 16.0 Å². The Morgan fingerprint density at radius 3 is 2.60 bits per heavy atom. The van der Waals surface area contributed by atoms with Gasteiger partial charge in [-0.3, -0.25) is 14.9 Å². The summed E-state index contributed by atoms with van der Waals surface area (Å²) in [4.78, 5) is 23.3. The van der Waals surface area contributed by atoms with Crippen molar-refractivity contribution in [2.45, 2.75) is 12.8 Å². The lowest BCUT2D eigenvalue weighted by Gasteiger charge is -2.08. The minimum Gasteiger partial charge on any atom is -0.326 e. The number of nitrogens with one attached hydrogen (secondary N) is 3. The van der Waals surface area contributed by atoms with Crippen LogP contribution in [0, 0.1) is 18.3 Å². The van der Waals surface area contributed by atoms with Gasteiger partial charge in [-0.15, -0.1) is 6.42 Å². The van der Waals surface area contributed by atoms with Crippen LogP contribution in [0.2, 0.25) is 0 Å². The zero-order valence-corrected chi connectivity index (χ0v) is 11.1. The number of benzene rings is 1. The molecule has 1 aliphatic rings. The second kappa shape index (κ2) is 6.73. The van der Waals surface area contributed by atoms with Crippen molar-refractivity contribution in [3.63, 3.8) is 0 Å². The van der Waals surface area contributed by atoms with Crippen LogP contribution in [-0.4, -0.2) is 24.9 Å². The van der Waals surface area contributed by atoms with E-state index < -0.39 is 0 Å². The average Bonchev–Trinajstić information content (AvgIpc) is 3.23. The van der Waals surface area contributed by atoms with Gasteiger partial charge in [0.2, 0.25) is 11.8 Å². The fourth-order valence-corrected chi connectivity index (χ4v) is 1.72. The molecule has 1 aromatic rings. The Morgan fingerprint density at radius 1 is 1.25 bits per heavy atom. The van der Waals surface area contributed by atoms with Crippen LogP contribution in [0.5, 0.6) is 0 Å². The maximum atomic E-state index is 11.7. The molecule has 0 radical (unpaired) electrons. The molecule has 0 bridgehead atoms. The maximum absolute atomic E-state index is 11.7. The molecule has 2 amide bonds. The van der Waals surface area contributed by atoms with E-state index in [1.165, 1.54) is 0 Å². The van der Waals surface area contributed by atoms with Crippen molar-refractivity contribution >= 4 is 23.2 Å².